The van der Waals surface area contributed by atoms with Gasteiger partial charge in [0.25, 0.3) is 15.9 Å². The number of para-hydroxylation sites is 1. The van der Waals surface area contributed by atoms with E-state index in [4.69, 9.17) is 0 Å². The molecule has 0 saturated carbocycles. The molecule has 2 aromatic carbocycles. The quantitative estimate of drug-likeness (QED) is 0.677. The van der Waals surface area contributed by atoms with Crippen molar-refractivity contribution >= 4 is 26.8 Å². The second kappa shape index (κ2) is 7.23. The molecular formula is C19H19N3O3S. The molecule has 2 N–H and O–H groups in total. The Hall–Kier alpha value is -2.77. The Morgan fingerprint density at radius 1 is 0.962 bits per heavy atom. The zero-order chi connectivity index (χ0) is 18.7. The minimum absolute atomic E-state index is 0.0775. The van der Waals surface area contributed by atoms with Crippen LogP contribution in [0.1, 0.15) is 35.8 Å². The Labute approximate surface area is 152 Å². The van der Waals surface area contributed by atoms with E-state index in [1.807, 2.05) is 32.0 Å². The number of fused-ring (bicyclic) bond motifs is 1. The molecule has 1 aromatic heterocycles. The van der Waals surface area contributed by atoms with Crippen molar-refractivity contribution in [2.75, 3.05) is 0 Å². The lowest BCUT2D eigenvalue weighted by molar-refractivity contribution is 0.0940. The summed E-state index contributed by atoms with van der Waals surface area (Å²) in [6.07, 6.45) is 0. The van der Waals surface area contributed by atoms with Crippen LogP contribution in [0.25, 0.3) is 10.9 Å². The third-order valence-corrected chi connectivity index (χ3v) is 5.25. The molecule has 0 aliphatic heterocycles. The number of pyridine rings is 1. The topological polar surface area (TPSA) is 88.2 Å². The standard InChI is InChI=1S/C19H19N3O3S/c1-13(2)14-7-10-16(11-8-14)26(24,25)22-21-19(23)18-12-9-15-5-3-4-6-17(15)20-18/h3-13,22H,1-2H3,(H,21,23). The van der Waals surface area contributed by atoms with Gasteiger partial charge in [-0.1, -0.05) is 50.2 Å². The number of sulfonamides is 1. The molecule has 0 aliphatic rings. The molecule has 26 heavy (non-hydrogen) atoms. The summed E-state index contributed by atoms with van der Waals surface area (Å²) < 4.78 is 24.6. The van der Waals surface area contributed by atoms with Crippen molar-refractivity contribution in [3.63, 3.8) is 0 Å². The highest BCUT2D eigenvalue weighted by atomic mass is 32.2. The summed E-state index contributed by atoms with van der Waals surface area (Å²) in [6.45, 7) is 4.05. The fraction of sp³-hybridized carbons (Fsp3) is 0.158. The van der Waals surface area contributed by atoms with Crippen LogP contribution < -0.4 is 10.3 Å². The van der Waals surface area contributed by atoms with Gasteiger partial charge >= 0.3 is 0 Å². The first-order valence-corrected chi connectivity index (χ1v) is 9.63. The molecule has 0 atom stereocenters. The zero-order valence-electron chi connectivity index (χ0n) is 14.4. The maximum atomic E-state index is 12.3. The molecule has 1 amide bonds. The summed E-state index contributed by atoms with van der Waals surface area (Å²) in [5, 5.41) is 0.898. The molecule has 3 aromatic rings. The SMILES string of the molecule is CC(C)c1ccc(S(=O)(=O)NNC(=O)c2ccc3ccccc3n2)cc1. The smallest absolute Gasteiger partial charge is 0.272 e. The molecule has 0 unspecified atom stereocenters. The van der Waals surface area contributed by atoms with Crippen molar-refractivity contribution in [2.45, 2.75) is 24.7 Å². The molecule has 0 radical (unpaired) electrons. The molecule has 134 valence electrons. The summed E-state index contributed by atoms with van der Waals surface area (Å²) in [7, 11) is -3.86. The Bertz CT molecular complexity index is 1050. The van der Waals surface area contributed by atoms with E-state index in [1.54, 1.807) is 30.3 Å². The minimum Gasteiger partial charge on any atom is -0.272 e. The molecule has 0 aliphatic carbocycles. The first-order chi connectivity index (χ1) is 12.4. The number of aromatic nitrogens is 1. The predicted octanol–water partition coefficient (Wildman–Crippen LogP) is 2.98. The summed E-state index contributed by atoms with van der Waals surface area (Å²) in [4.78, 5) is 18.6. The lowest BCUT2D eigenvalue weighted by atomic mass is 10.0. The fourth-order valence-electron chi connectivity index (χ4n) is 2.46. The third kappa shape index (κ3) is 3.89. The highest BCUT2D eigenvalue weighted by Crippen LogP contribution is 2.17. The fourth-order valence-corrected chi connectivity index (χ4v) is 3.30. The van der Waals surface area contributed by atoms with Crippen molar-refractivity contribution in [3.05, 3.63) is 71.9 Å². The highest BCUT2D eigenvalue weighted by molar-refractivity contribution is 7.89. The number of benzene rings is 2. The van der Waals surface area contributed by atoms with Gasteiger partial charge in [-0.2, -0.15) is 0 Å². The second-order valence-corrected chi connectivity index (χ2v) is 7.85. The first-order valence-electron chi connectivity index (χ1n) is 8.15. The second-order valence-electron chi connectivity index (χ2n) is 6.17. The van der Waals surface area contributed by atoms with E-state index in [1.165, 1.54) is 12.1 Å². The molecule has 0 bridgehead atoms. The molecule has 0 fully saturated rings. The number of hydrogen-bond donors (Lipinski definition) is 2. The third-order valence-electron chi connectivity index (χ3n) is 3.99. The largest absolute Gasteiger partial charge is 0.284 e. The zero-order valence-corrected chi connectivity index (χ0v) is 15.2. The van der Waals surface area contributed by atoms with Crippen molar-refractivity contribution in [3.8, 4) is 0 Å². The van der Waals surface area contributed by atoms with Gasteiger partial charge in [0, 0.05) is 5.39 Å². The number of carbonyl (C=O) groups is 1. The summed E-state index contributed by atoms with van der Waals surface area (Å²) in [5.74, 6) is -0.323. The Balaban J connectivity index is 1.72. The summed E-state index contributed by atoms with van der Waals surface area (Å²) >= 11 is 0. The van der Waals surface area contributed by atoms with E-state index < -0.39 is 15.9 Å². The first kappa shape index (κ1) is 18.0. The van der Waals surface area contributed by atoms with Crippen LogP contribution in [-0.4, -0.2) is 19.3 Å². The van der Waals surface area contributed by atoms with E-state index in [-0.39, 0.29) is 10.6 Å². The average Bonchev–Trinajstić information content (AvgIpc) is 2.66. The number of nitrogens with one attached hydrogen (secondary N) is 2. The van der Waals surface area contributed by atoms with Crippen LogP contribution in [0.4, 0.5) is 0 Å². The van der Waals surface area contributed by atoms with Crippen LogP contribution in [0.3, 0.4) is 0 Å². The van der Waals surface area contributed by atoms with E-state index in [0.717, 1.165) is 10.9 Å². The maximum absolute atomic E-state index is 12.3. The normalized spacial score (nSPS) is 11.7. The number of nitrogens with zero attached hydrogens (tertiary/aromatic N) is 1. The number of amides is 1. The molecule has 1 heterocycles. The van der Waals surface area contributed by atoms with Crippen LogP contribution in [0.5, 0.6) is 0 Å². The molecule has 7 heteroatoms. The van der Waals surface area contributed by atoms with Crippen LogP contribution in [0.2, 0.25) is 0 Å². The van der Waals surface area contributed by atoms with E-state index in [9.17, 15) is 13.2 Å². The lowest BCUT2D eigenvalue weighted by Gasteiger charge is -2.10. The van der Waals surface area contributed by atoms with Crippen molar-refractivity contribution in [2.24, 2.45) is 0 Å². The van der Waals surface area contributed by atoms with Gasteiger partial charge in [-0.25, -0.2) is 13.4 Å². The van der Waals surface area contributed by atoms with E-state index in [0.29, 0.717) is 11.4 Å². The minimum atomic E-state index is -3.86. The van der Waals surface area contributed by atoms with Gasteiger partial charge in [-0.05, 0) is 35.7 Å². The van der Waals surface area contributed by atoms with Gasteiger partial charge in [-0.15, -0.1) is 4.83 Å². The van der Waals surface area contributed by atoms with Crippen molar-refractivity contribution in [1.29, 1.82) is 0 Å². The summed E-state index contributed by atoms with van der Waals surface area (Å²) in [6, 6.07) is 17.2. The van der Waals surface area contributed by atoms with Gasteiger partial charge in [0.1, 0.15) is 5.69 Å². The van der Waals surface area contributed by atoms with Gasteiger partial charge in [0.05, 0.1) is 10.4 Å². The van der Waals surface area contributed by atoms with E-state index in [2.05, 4.69) is 15.2 Å². The molecular weight excluding hydrogens is 350 g/mol. The number of hydrazine groups is 1. The number of rotatable bonds is 5. The Morgan fingerprint density at radius 3 is 2.35 bits per heavy atom. The van der Waals surface area contributed by atoms with Crippen LogP contribution in [-0.2, 0) is 10.0 Å². The van der Waals surface area contributed by atoms with Crippen LogP contribution in [0, 0.1) is 0 Å². The average molecular weight is 369 g/mol. The molecule has 0 saturated heterocycles. The van der Waals surface area contributed by atoms with Gasteiger partial charge in [-0.3, -0.25) is 10.2 Å². The number of carbonyl (C=O) groups excluding carboxylic acids is 1. The van der Waals surface area contributed by atoms with Crippen LogP contribution >= 0.6 is 0 Å². The van der Waals surface area contributed by atoms with E-state index >= 15 is 0 Å². The Kier molecular flexibility index (Phi) is 5.01. The number of hydrogen-bond acceptors (Lipinski definition) is 4. The predicted molar refractivity (Wildman–Crippen MR) is 100 cm³/mol. The van der Waals surface area contributed by atoms with Gasteiger partial charge in [0.15, 0.2) is 0 Å². The van der Waals surface area contributed by atoms with Crippen molar-refractivity contribution in [1.82, 2.24) is 15.2 Å². The molecule has 3 rings (SSSR count). The monoisotopic (exact) mass is 369 g/mol. The summed E-state index contributed by atoms with van der Waals surface area (Å²) in [5.41, 5.74) is 4.02. The lowest BCUT2D eigenvalue weighted by Crippen LogP contribution is -2.41. The maximum Gasteiger partial charge on any atom is 0.284 e. The highest BCUT2D eigenvalue weighted by Gasteiger charge is 2.16. The molecule has 0 spiro atoms. The Morgan fingerprint density at radius 2 is 1.65 bits per heavy atom. The van der Waals surface area contributed by atoms with Gasteiger partial charge in [0.2, 0.25) is 0 Å². The van der Waals surface area contributed by atoms with Crippen molar-refractivity contribution < 1.29 is 13.2 Å². The van der Waals surface area contributed by atoms with Crippen LogP contribution in [0.15, 0.2) is 65.6 Å². The molecule has 6 nitrogen and oxygen atoms in total. The van der Waals surface area contributed by atoms with Gasteiger partial charge < -0.3 is 0 Å².